The van der Waals surface area contributed by atoms with E-state index >= 15 is 0 Å². The highest BCUT2D eigenvalue weighted by Gasteiger charge is 2.11. The summed E-state index contributed by atoms with van der Waals surface area (Å²) in [6, 6.07) is 0.452. The van der Waals surface area contributed by atoms with Crippen molar-refractivity contribution in [3.63, 3.8) is 0 Å². The fraction of sp³-hybridized carbons (Fsp3) is 0.875. The molecule has 0 aliphatic carbocycles. The van der Waals surface area contributed by atoms with Gasteiger partial charge in [0.2, 0.25) is 5.91 Å². The maximum absolute atomic E-state index is 11.0. The van der Waals surface area contributed by atoms with Crippen LogP contribution in [0.5, 0.6) is 0 Å². The molecule has 0 aliphatic heterocycles. The van der Waals surface area contributed by atoms with Gasteiger partial charge >= 0.3 is 0 Å². The van der Waals surface area contributed by atoms with Crippen molar-refractivity contribution in [2.45, 2.75) is 32.4 Å². The Bertz CT molecular complexity index is 136. The highest BCUT2D eigenvalue weighted by molar-refractivity contribution is 5.76. The van der Waals surface area contributed by atoms with Crippen molar-refractivity contribution in [1.29, 1.82) is 0 Å². The van der Waals surface area contributed by atoms with Crippen molar-refractivity contribution >= 4 is 5.91 Å². The van der Waals surface area contributed by atoms with Gasteiger partial charge in [-0.15, -0.1) is 0 Å². The van der Waals surface area contributed by atoms with Gasteiger partial charge in [-0.05, 0) is 0 Å². The van der Waals surface area contributed by atoms with Crippen LogP contribution in [0.1, 0.15) is 20.3 Å². The molecule has 0 rings (SSSR count). The highest BCUT2D eigenvalue weighted by atomic mass is 16.1. The standard InChI is InChI=1S/C8H19N3O/c1-6(2)11-7(5-9)4-8(12)10-3/h6-7,11H,4-5,9H2,1-3H3,(H,10,12). The van der Waals surface area contributed by atoms with Crippen molar-refractivity contribution in [3.05, 3.63) is 0 Å². The van der Waals surface area contributed by atoms with Crippen LogP contribution in [0.25, 0.3) is 0 Å². The molecule has 0 fully saturated rings. The molecule has 0 aromatic heterocycles. The fourth-order valence-electron chi connectivity index (χ4n) is 1.01. The summed E-state index contributed by atoms with van der Waals surface area (Å²) in [6.45, 7) is 4.56. The van der Waals surface area contributed by atoms with Gasteiger partial charge in [0.15, 0.2) is 0 Å². The third-order valence-electron chi connectivity index (χ3n) is 1.56. The van der Waals surface area contributed by atoms with Gasteiger partial charge in [0.05, 0.1) is 0 Å². The van der Waals surface area contributed by atoms with Crippen molar-refractivity contribution in [2.75, 3.05) is 13.6 Å². The molecule has 1 atom stereocenters. The molecule has 1 unspecified atom stereocenters. The molecule has 0 aromatic carbocycles. The number of rotatable bonds is 5. The van der Waals surface area contributed by atoms with Gasteiger partial charge in [-0.3, -0.25) is 4.79 Å². The molecule has 0 heterocycles. The average molecular weight is 173 g/mol. The molecule has 0 bridgehead atoms. The van der Waals surface area contributed by atoms with E-state index in [2.05, 4.69) is 10.6 Å². The van der Waals surface area contributed by atoms with Crippen molar-refractivity contribution in [2.24, 2.45) is 5.73 Å². The predicted octanol–water partition coefficient (Wildman–Crippen LogP) is -0.552. The molecule has 0 aromatic rings. The Kier molecular flexibility index (Phi) is 5.66. The van der Waals surface area contributed by atoms with Crippen molar-refractivity contribution in [1.82, 2.24) is 10.6 Å². The number of amides is 1. The van der Waals surface area contributed by atoms with E-state index in [-0.39, 0.29) is 11.9 Å². The number of nitrogens with one attached hydrogen (secondary N) is 2. The molecule has 12 heavy (non-hydrogen) atoms. The lowest BCUT2D eigenvalue weighted by molar-refractivity contribution is -0.121. The minimum absolute atomic E-state index is 0.0265. The van der Waals surface area contributed by atoms with Gasteiger partial charge in [-0.2, -0.15) is 0 Å². The van der Waals surface area contributed by atoms with Crippen molar-refractivity contribution < 1.29 is 4.79 Å². The summed E-state index contributed by atoms with van der Waals surface area (Å²) in [4.78, 5) is 11.0. The summed E-state index contributed by atoms with van der Waals surface area (Å²) < 4.78 is 0. The molecule has 4 N–H and O–H groups in total. The average Bonchev–Trinajstić information content (AvgIpc) is 2.02. The predicted molar refractivity (Wildman–Crippen MR) is 49.8 cm³/mol. The minimum Gasteiger partial charge on any atom is -0.359 e. The van der Waals surface area contributed by atoms with E-state index in [1.807, 2.05) is 13.8 Å². The molecule has 4 nitrogen and oxygen atoms in total. The molecule has 0 spiro atoms. The van der Waals surface area contributed by atoms with E-state index in [4.69, 9.17) is 5.73 Å². The summed E-state index contributed by atoms with van der Waals surface area (Å²) >= 11 is 0. The van der Waals surface area contributed by atoms with Crippen molar-refractivity contribution in [3.8, 4) is 0 Å². The topological polar surface area (TPSA) is 67.2 Å². The number of carbonyl (C=O) groups is 1. The van der Waals surface area contributed by atoms with Crippen LogP contribution in [0, 0.1) is 0 Å². The van der Waals surface area contributed by atoms with Gasteiger partial charge in [0.1, 0.15) is 0 Å². The Labute approximate surface area is 73.9 Å². The molecule has 72 valence electrons. The maximum atomic E-state index is 11.0. The van der Waals surface area contributed by atoms with Crippen LogP contribution in [0.3, 0.4) is 0 Å². The van der Waals surface area contributed by atoms with E-state index in [0.29, 0.717) is 19.0 Å². The molecular weight excluding hydrogens is 154 g/mol. The molecule has 4 heteroatoms. The van der Waals surface area contributed by atoms with E-state index in [1.54, 1.807) is 7.05 Å². The third-order valence-corrected chi connectivity index (χ3v) is 1.56. The smallest absolute Gasteiger partial charge is 0.221 e. The summed E-state index contributed by atoms with van der Waals surface area (Å²) in [7, 11) is 1.63. The summed E-state index contributed by atoms with van der Waals surface area (Å²) in [5.41, 5.74) is 5.48. The van der Waals surface area contributed by atoms with Crippen LogP contribution >= 0.6 is 0 Å². The first-order valence-electron chi connectivity index (χ1n) is 4.26. The fourth-order valence-corrected chi connectivity index (χ4v) is 1.01. The Morgan fingerprint density at radius 3 is 2.42 bits per heavy atom. The maximum Gasteiger partial charge on any atom is 0.221 e. The Balaban J connectivity index is 3.74. The van der Waals surface area contributed by atoms with Crippen LogP contribution in [-0.4, -0.2) is 31.6 Å². The first-order chi connectivity index (χ1) is 5.60. The van der Waals surface area contributed by atoms with Crippen LogP contribution in [0.4, 0.5) is 0 Å². The van der Waals surface area contributed by atoms with Crippen LogP contribution in [0.2, 0.25) is 0 Å². The Hall–Kier alpha value is -0.610. The van der Waals surface area contributed by atoms with Gasteiger partial charge in [-0.1, -0.05) is 13.8 Å². The zero-order chi connectivity index (χ0) is 9.56. The van der Waals surface area contributed by atoms with Crippen LogP contribution in [-0.2, 0) is 4.79 Å². The quantitative estimate of drug-likeness (QED) is 0.522. The Morgan fingerprint density at radius 2 is 2.08 bits per heavy atom. The third kappa shape index (κ3) is 5.09. The Morgan fingerprint density at radius 1 is 1.50 bits per heavy atom. The van der Waals surface area contributed by atoms with Crippen LogP contribution < -0.4 is 16.4 Å². The number of nitrogens with two attached hydrogens (primary N) is 1. The first kappa shape index (κ1) is 11.4. The van der Waals surface area contributed by atoms with Gasteiger partial charge < -0.3 is 16.4 Å². The number of hydrogen-bond donors (Lipinski definition) is 3. The second-order valence-corrected chi connectivity index (χ2v) is 3.13. The lowest BCUT2D eigenvalue weighted by atomic mass is 10.2. The highest BCUT2D eigenvalue weighted by Crippen LogP contribution is 1.91. The van der Waals surface area contributed by atoms with Gasteiger partial charge in [0.25, 0.3) is 0 Å². The molecule has 0 saturated carbocycles. The van der Waals surface area contributed by atoms with Gasteiger partial charge in [0, 0.05) is 32.1 Å². The van der Waals surface area contributed by atoms with Crippen LogP contribution in [0.15, 0.2) is 0 Å². The largest absolute Gasteiger partial charge is 0.359 e. The second kappa shape index (κ2) is 5.97. The molecule has 1 amide bonds. The number of hydrogen-bond acceptors (Lipinski definition) is 3. The monoisotopic (exact) mass is 173 g/mol. The summed E-state index contributed by atoms with van der Waals surface area (Å²) in [6.07, 6.45) is 0.450. The SMILES string of the molecule is CNC(=O)CC(CN)NC(C)C. The lowest BCUT2D eigenvalue weighted by Crippen LogP contribution is -2.43. The molecular formula is C8H19N3O. The zero-order valence-corrected chi connectivity index (χ0v) is 8.05. The normalized spacial score (nSPS) is 13.1. The van der Waals surface area contributed by atoms with E-state index in [1.165, 1.54) is 0 Å². The van der Waals surface area contributed by atoms with Gasteiger partial charge in [-0.25, -0.2) is 0 Å². The summed E-state index contributed by atoms with van der Waals surface area (Å²) in [5, 5.41) is 5.78. The summed E-state index contributed by atoms with van der Waals surface area (Å²) in [5.74, 6) is 0.0265. The zero-order valence-electron chi connectivity index (χ0n) is 8.05. The first-order valence-corrected chi connectivity index (χ1v) is 4.26. The van der Waals surface area contributed by atoms with E-state index < -0.39 is 0 Å². The lowest BCUT2D eigenvalue weighted by Gasteiger charge is -2.18. The molecule has 0 radical (unpaired) electrons. The minimum atomic E-state index is 0.0265. The number of carbonyl (C=O) groups excluding carboxylic acids is 1. The molecule has 0 aliphatic rings. The second-order valence-electron chi connectivity index (χ2n) is 3.13. The van der Waals surface area contributed by atoms with E-state index in [9.17, 15) is 4.79 Å². The van der Waals surface area contributed by atoms with E-state index in [0.717, 1.165) is 0 Å². The molecule has 0 saturated heterocycles.